The average molecular weight is 205 g/mol. The molecule has 1 saturated carbocycles. The Morgan fingerprint density at radius 1 is 1.33 bits per heavy atom. The molecule has 2 heteroatoms. The van der Waals surface area contributed by atoms with E-state index in [1.807, 2.05) is 18.2 Å². The number of nitrogens with zero attached hydrogens (tertiary/aromatic N) is 1. The number of hydrogen-bond acceptors (Lipinski definition) is 2. The first-order valence-electron chi connectivity index (χ1n) is 5.88. The highest BCUT2D eigenvalue weighted by molar-refractivity contribution is 5.10. The van der Waals surface area contributed by atoms with Gasteiger partial charge >= 0.3 is 0 Å². The van der Waals surface area contributed by atoms with Gasteiger partial charge in [-0.3, -0.25) is 4.98 Å². The molecule has 2 unspecified atom stereocenters. The van der Waals surface area contributed by atoms with Crippen LogP contribution in [-0.2, 0) is 0 Å². The van der Waals surface area contributed by atoms with Crippen LogP contribution >= 0.6 is 0 Å². The smallest absolute Gasteiger partial charge is 0.0649 e. The molecule has 2 atom stereocenters. The molecule has 15 heavy (non-hydrogen) atoms. The van der Waals surface area contributed by atoms with Gasteiger partial charge in [0.1, 0.15) is 0 Å². The van der Waals surface area contributed by atoms with E-state index in [4.69, 9.17) is 0 Å². The monoisotopic (exact) mass is 205 g/mol. The van der Waals surface area contributed by atoms with Gasteiger partial charge in [-0.2, -0.15) is 0 Å². The van der Waals surface area contributed by atoms with Gasteiger partial charge in [0.25, 0.3) is 0 Å². The minimum absolute atomic E-state index is 0.161. The van der Waals surface area contributed by atoms with E-state index in [9.17, 15) is 5.11 Å². The number of aliphatic hydroxyl groups is 1. The molecule has 0 aliphatic heterocycles. The summed E-state index contributed by atoms with van der Waals surface area (Å²) in [6.45, 7) is 2.07. The molecule has 1 aliphatic rings. The average Bonchev–Trinajstić information content (AvgIpc) is 2.82. The summed E-state index contributed by atoms with van der Waals surface area (Å²) in [5, 5.41) is 10.2. The van der Waals surface area contributed by atoms with Crippen LogP contribution in [0.25, 0.3) is 0 Å². The van der Waals surface area contributed by atoms with Crippen molar-refractivity contribution >= 4 is 0 Å². The molecule has 0 radical (unpaired) electrons. The maximum Gasteiger partial charge on any atom is 0.0649 e. The van der Waals surface area contributed by atoms with E-state index in [0.29, 0.717) is 5.92 Å². The van der Waals surface area contributed by atoms with Crippen molar-refractivity contribution in [2.24, 2.45) is 5.92 Å². The summed E-state index contributed by atoms with van der Waals surface area (Å²) >= 11 is 0. The highest BCUT2D eigenvalue weighted by Gasteiger charge is 2.28. The van der Waals surface area contributed by atoms with E-state index in [1.165, 1.54) is 25.7 Å². The van der Waals surface area contributed by atoms with Gasteiger partial charge in [-0.1, -0.05) is 25.8 Å². The van der Waals surface area contributed by atoms with Gasteiger partial charge in [0.05, 0.1) is 6.10 Å². The fraction of sp³-hybridized carbons (Fsp3) is 0.615. The van der Waals surface area contributed by atoms with Gasteiger partial charge in [-0.25, -0.2) is 0 Å². The lowest BCUT2D eigenvalue weighted by Crippen LogP contribution is -2.24. The molecule has 1 N–H and O–H groups in total. The van der Waals surface area contributed by atoms with Crippen LogP contribution in [0.5, 0.6) is 0 Å². The van der Waals surface area contributed by atoms with E-state index in [1.54, 1.807) is 6.20 Å². The number of pyridine rings is 1. The summed E-state index contributed by atoms with van der Waals surface area (Å²) < 4.78 is 0. The Bertz CT molecular complexity index is 293. The summed E-state index contributed by atoms with van der Waals surface area (Å²) in [6, 6.07) is 5.90. The number of aliphatic hydroxyl groups excluding tert-OH is 1. The molecule has 1 fully saturated rings. The topological polar surface area (TPSA) is 33.1 Å². The van der Waals surface area contributed by atoms with Crippen molar-refractivity contribution in [1.29, 1.82) is 0 Å². The predicted molar refractivity (Wildman–Crippen MR) is 60.6 cm³/mol. The fourth-order valence-corrected chi connectivity index (χ4v) is 2.53. The number of hydrogen-bond donors (Lipinski definition) is 1. The Kier molecular flexibility index (Phi) is 3.37. The minimum Gasteiger partial charge on any atom is -0.392 e. The maximum atomic E-state index is 10.2. The molecular formula is C13H19NO. The van der Waals surface area contributed by atoms with E-state index >= 15 is 0 Å². The summed E-state index contributed by atoms with van der Waals surface area (Å²) in [7, 11) is 0. The quantitative estimate of drug-likeness (QED) is 0.823. The molecule has 1 aromatic rings. The van der Waals surface area contributed by atoms with Gasteiger partial charge in [0.15, 0.2) is 0 Å². The van der Waals surface area contributed by atoms with Crippen LogP contribution in [0.2, 0.25) is 0 Å². The largest absolute Gasteiger partial charge is 0.392 e. The Morgan fingerprint density at radius 2 is 2.07 bits per heavy atom. The van der Waals surface area contributed by atoms with E-state index in [-0.39, 0.29) is 12.0 Å². The molecule has 0 bridgehead atoms. The van der Waals surface area contributed by atoms with Crippen molar-refractivity contribution < 1.29 is 5.11 Å². The van der Waals surface area contributed by atoms with E-state index < -0.39 is 0 Å². The number of rotatable bonds is 3. The first-order valence-corrected chi connectivity index (χ1v) is 5.88. The SMILES string of the molecule is CC(c1ccccn1)C(O)C1CCCC1. The number of aromatic nitrogens is 1. The van der Waals surface area contributed by atoms with Crippen molar-refractivity contribution in [2.45, 2.75) is 44.6 Å². The molecule has 2 rings (SSSR count). The molecule has 1 aliphatic carbocycles. The predicted octanol–water partition coefficient (Wildman–Crippen LogP) is 2.74. The molecule has 1 heterocycles. The molecule has 82 valence electrons. The van der Waals surface area contributed by atoms with Crippen LogP contribution in [0.3, 0.4) is 0 Å². The van der Waals surface area contributed by atoms with Crippen LogP contribution in [-0.4, -0.2) is 16.2 Å². The lowest BCUT2D eigenvalue weighted by molar-refractivity contribution is 0.0870. The standard InChI is InChI=1S/C13H19NO/c1-10(12-8-4-5-9-14-12)13(15)11-6-2-3-7-11/h4-5,8-11,13,15H,2-3,6-7H2,1H3. The third-order valence-electron chi connectivity index (χ3n) is 3.55. The lowest BCUT2D eigenvalue weighted by Gasteiger charge is -2.23. The minimum atomic E-state index is -0.220. The molecule has 1 aromatic heterocycles. The fourth-order valence-electron chi connectivity index (χ4n) is 2.53. The third kappa shape index (κ3) is 2.37. The van der Waals surface area contributed by atoms with Crippen molar-refractivity contribution in [3.63, 3.8) is 0 Å². The van der Waals surface area contributed by atoms with Gasteiger partial charge in [-0.15, -0.1) is 0 Å². The summed E-state index contributed by atoms with van der Waals surface area (Å²) in [6.07, 6.45) is 6.49. The molecule has 0 spiro atoms. The van der Waals surface area contributed by atoms with Gasteiger partial charge in [0, 0.05) is 17.8 Å². The molecule has 2 nitrogen and oxygen atoms in total. The highest BCUT2D eigenvalue weighted by Crippen LogP contribution is 2.33. The van der Waals surface area contributed by atoms with Crippen molar-refractivity contribution in [3.05, 3.63) is 30.1 Å². The van der Waals surface area contributed by atoms with Gasteiger partial charge in [-0.05, 0) is 30.9 Å². The molecule has 0 aromatic carbocycles. The third-order valence-corrected chi connectivity index (χ3v) is 3.55. The molecular weight excluding hydrogens is 186 g/mol. The summed E-state index contributed by atoms with van der Waals surface area (Å²) in [4.78, 5) is 4.31. The van der Waals surface area contributed by atoms with Crippen molar-refractivity contribution in [2.75, 3.05) is 0 Å². The van der Waals surface area contributed by atoms with Crippen LogP contribution < -0.4 is 0 Å². The van der Waals surface area contributed by atoms with Crippen LogP contribution in [0.15, 0.2) is 24.4 Å². The van der Waals surface area contributed by atoms with Gasteiger partial charge < -0.3 is 5.11 Å². The second-order valence-electron chi connectivity index (χ2n) is 4.58. The Labute approximate surface area is 91.4 Å². The van der Waals surface area contributed by atoms with Gasteiger partial charge in [0.2, 0.25) is 0 Å². The van der Waals surface area contributed by atoms with Crippen molar-refractivity contribution in [1.82, 2.24) is 4.98 Å². The summed E-state index contributed by atoms with van der Waals surface area (Å²) in [5.41, 5.74) is 1.01. The Balaban J connectivity index is 2.03. The van der Waals surface area contributed by atoms with Crippen LogP contribution in [0, 0.1) is 5.92 Å². The zero-order valence-corrected chi connectivity index (χ0v) is 9.26. The maximum absolute atomic E-state index is 10.2. The first-order chi connectivity index (χ1) is 7.29. The van der Waals surface area contributed by atoms with E-state index in [2.05, 4.69) is 11.9 Å². The summed E-state index contributed by atoms with van der Waals surface area (Å²) in [5.74, 6) is 0.649. The van der Waals surface area contributed by atoms with Crippen LogP contribution in [0.4, 0.5) is 0 Å². The zero-order chi connectivity index (χ0) is 10.7. The normalized spacial score (nSPS) is 21.5. The molecule has 0 amide bonds. The van der Waals surface area contributed by atoms with Crippen molar-refractivity contribution in [3.8, 4) is 0 Å². The van der Waals surface area contributed by atoms with Crippen LogP contribution in [0.1, 0.15) is 44.2 Å². The lowest BCUT2D eigenvalue weighted by atomic mass is 9.88. The first kappa shape index (κ1) is 10.6. The zero-order valence-electron chi connectivity index (χ0n) is 9.26. The highest BCUT2D eigenvalue weighted by atomic mass is 16.3. The second kappa shape index (κ2) is 4.75. The second-order valence-corrected chi connectivity index (χ2v) is 4.58. The van der Waals surface area contributed by atoms with E-state index in [0.717, 1.165) is 5.69 Å². The Morgan fingerprint density at radius 3 is 2.67 bits per heavy atom. The molecule has 0 saturated heterocycles. The Hall–Kier alpha value is -0.890.